The zero-order valence-corrected chi connectivity index (χ0v) is 13.1. The molecule has 1 aromatic rings. The number of piperazine rings is 1. The van der Waals surface area contributed by atoms with E-state index in [0.29, 0.717) is 11.5 Å². The van der Waals surface area contributed by atoms with Gasteiger partial charge in [-0.05, 0) is 37.0 Å². The molecule has 1 heterocycles. The summed E-state index contributed by atoms with van der Waals surface area (Å²) in [5.41, 5.74) is -0.239. The molecule has 2 N–H and O–H groups in total. The maximum atomic E-state index is 13.1. The molecule has 1 aromatic carbocycles. The number of phenols is 1. The average Bonchev–Trinajstić information content (AvgIpc) is 3.03. The van der Waals surface area contributed by atoms with Crippen molar-refractivity contribution in [1.82, 2.24) is 10.2 Å². The summed E-state index contributed by atoms with van der Waals surface area (Å²) in [5, 5.41) is 13.5. The Balaban J connectivity index is 1.98. The van der Waals surface area contributed by atoms with Gasteiger partial charge in [0.05, 0.1) is 5.56 Å². The van der Waals surface area contributed by atoms with Gasteiger partial charge < -0.3 is 10.4 Å². The Morgan fingerprint density at radius 3 is 2.39 bits per heavy atom. The lowest BCUT2D eigenvalue weighted by atomic mass is 9.88. The normalized spacial score (nSPS) is 22.4. The average molecular weight is 328 g/mol. The van der Waals surface area contributed by atoms with E-state index in [-0.39, 0.29) is 11.8 Å². The zero-order valence-electron chi connectivity index (χ0n) is 13.1. The van der Waals surface area contributed by atoms with Gasteiger partial charge in [-0.1, -0.05) is 12.8 Å². The lowest BCUT2D eigenvalue weighted by molar-refractivity contribution is -0.137. The Morgan fingerprint density at radius 2 is 1.78 bits per heavy atom. The molecule has 23 heavy (non-hydrogen) atoms. The van der Waals surface area contributed by atoms with Crippen LogP contribution < -0.4 is 5.32 Å². The molecule has 0 unspecified atom stereocenters. The maximum absolute atomic E-state index is 13.1. The molecule has 1 aliphatic heterocycles. The van der Waals surface area contributed by atoms with Crippen molar-refractivity contribution >= 4 is 0 Å². The number of hydrogen-bond donors (Lipinski definition) is 2. The number of aromatic hydroxyl groups is 1. The summed E-state index contributed by atoms with van der Waals surface area (Å²) < 4.78 is 39.2. The van der Waals surface area contributed by atoms with Crippen molar-refractivity contribution in [3.05, 3.63) is 29.3 Å². The number of rotatable bonds is 3. The fraction of sp³-hybridized carbons (Fsp3) is 0.647. The molecule has 3 rings (SSSR count). The highest BCUT2D eigenvalue weighted by molar-refractivity contribution is 5.40. The molecule has 0 spiro atoms. The first-order chi connectivity index (χ1) is 11.0. The van der Waals surface area contributed by atoms with Gasteiger partial charge in [0.15, 0.2) is 0 Å². The van der Waals surface area contributed by atoms with Crippen molar-refractivity contribution in [3.8, 4) is 5.75 Å². The van der Waals surface area contributed by atoms with Gasteiger partial charge in [-0.25, -0.2) is 0 Å². The van der Waals surface area contributed by atoms with E-state index in [1.165, 1.54) is 6.07 Å². The highest BCUT2D eigenvalue weighted by atomic mass is 19.4. The smallest absolute Gasteiger partial charge is 0.416 e. The summed E-state index contributed by atoms with van der Waals surface area (Å²) in [6, 6.07) is 3.19. The van der Waals surface area contributed by atoms with Crippen molar-refractivity contribution in [1.29, 1.82) is 0 Å². The Kier molecular flexibility index (Phi) is 4.82. The minimum atomic E-state index is -4.38. The minimum absolute atomic E-state index is 0.0200. The number of phenolic OH excluding ortho intramolecular Hbond substituents is 1. The van der Waals surface area contributed by atoms with Gasteiger partial charge in [-0.3, -0.25) is 4.90 Å². The van der Waals surface area contributed by atoms with Crippen LogP contribution in [0.4, 0.5) is 13.2 Å². The van der Waals surface area contributed by atoms with E-state index in [1.54, 1.807) is 0 Å². The van der Waals surface area contributed by atoms with Crippen molar-refractivity contribution < 1.29 is 18.3 Å². The van der Waals surface area contributed by atoms with Crippen LogP contribution >= 0.6 is 0 Å². The summed E-state index contributed by atoms with van der Waals surface area (Å²) in [6.45, 7) is 3.28. The van der Waals surface area contributed by atoms with E-state index in [2.05, 4.69) is 10.2 Å². The monoisotopic (exact) mass is 328 g/mol. The first-order valence-corrected chi connectivity index (χ1v) is 8.31. The molecule has 1 saturated carbocycles. The molecule has 0 amide bonds. The molecule has 0 bridgehead atoms. The predicted molar refractivity (Wildman–Crippen MR) is 82.3 cm³/mol. The van der Waals surface area contributed by atoms with E-state index >= 15 is 0 Å². The number of nitrogens with one attached hydrogen (secondary N) is 1. The van der Waals surface area contributed by atoms with Crippen LogP contribution in [0.5, 0.6) is 5.75 Å². The summed E-state index contributed by atoms with van der Waals surface area (Å²) in [6.07, 6.45) is -0.110. The number of benzene rings is 1. The van der Waals surface area contributed by atoms with Crippen molar-refractivity contribution in [2.45, 2.75) is 37.9 Å². The molecule has 1 atom stereocenters. The summed E-state index contributed by atoms with van der Waals surface area (Å²) >= 11 is 0. The van der Waals surface area contributed by atoms with Gasteiger partial charge in [-0.15, -0.1) is 0 Å². The van der Waals surface area contributed by atoms with Crippen molar-refractivity contribution in [3.63, 3.8) is 0 Å². The number of hydrogen-bond acceptors (Lipinski definition) is 3. The van der Waals surface area contributed by atoms with Crippen molar-refractivity contribution in [2.24, 2.45) is 5.92 Å². The second-order valence-electron chi connectivity index (χ2n) is 6.55. The second kappa shape index (κ2) is 6.69. The first-order valence-electron chi connectivity index (χ1n) is 8.31. The Bertz CT molecular complexity index is 535. The minimum Gasteiger partial charge on any atom is -0.508 e. The number of nitrogens with zero attached hydrogens (tertiary/aromatic N) is 1. The van der Waals surface area contributed by atoms with Crippen LogP contribution in [0.1, 0.15) is 42.9 Å². The van der Waals surface area contributed by atoms with Gasteiger partial charge in [0.25, 0.3) is 0 Å². The Hall–Kier alpha value is -1.27. The highest BCUT2D eigenvalue weighted by Crippen LogP contribution is 2.44. The fourth-order valence-corrected chi connectivity index (χ4v) is 3.95. The summed E-state index contributed by atoms with van der Waals surface area (Å²) in [4.78, 5) is 2.24. The Labute approximate surface area is 134 Å². The molecule has 2 aliphatic rings. The zero-order chi connectivity index (χ0) is 16.4. The van der Waals surface area contributed by atoms with Crippen molar-refractivity contribution in [2.75, 3.05) is 26.2 Å². The molecule has 2 fully saturated rings. The molecule has 1 saturated heterocycles. The molecule has 3 nitrogen and oxygen atoms in total. The van der Waals surface area contributed by atoms with E-state index in [9.17, 15) is 18.3 Å². The van der Waals surface area contributed by atoms with Gasteiger partial charge in [0.1, 0.15) is 5.75 Å². The topological polar surface area (TPSA) is 35.5 Å². The molecular weight excluding hydrogens is 305 g/mol. The predicted octanol–water partition coefficient (Wildman–Crippen LogP) is 3.55. The van der Waals surface area contributed by atoms with E-state index in [0.717, 1.165) is 64.0 Å². The van der Waals surface area contributed by atoms with Crippen LogP contribution in [-0.4, -0.2) is 36.2 Å². The quantitative estimate of drug-likeness (QED) is 0.891. The number of alkyl halides is 3. The van der Waals surface area contributed by atoms with Crippen LogP contribution in [0.2, 0.25) is 0 Å². The van der Waals surface area contributed by atoms with E-state index in [1.807, 2.05) is 0 Å². The first kappa shape index (κ1) is 16.6. The van der Waals surface area contributed by atoms with Gasteiger partial charge in [0.2, 0.25) is 0 Å². The van der Waals surface area contributed by atoms with Crippen LogP contribution in [0.3, 0.4) is 0 Å². The van der Waals surface area contributed by atoms with Crippen LogP contribution in [0, 0.1) is 5.92 Å². The molecule has 128 valence electrons. The van der Waals surface area contributed by atoms with Crippen LogP contribution in [0.15, 0.2) is 18.2 Å². The maximum Gasteiger partial charge on any atom is 0.416 e. The molecule has 6 heteroatoms. The lowest BCUT2D eigenvalue weighted by Gasteiger charge is -2.39. The van der Waals surface area contributed by atoms with Gasteiger partial charge in [0, 0.05) is 37.8 Å². The lowest BCUT2D eigenvalue weighted by Crippen LogP contribution is -2.46. The number of halogens is 3. The molecular formula is C17H23F3N2O. The molecule has 0 aromatic heterocycles. The van der Waals surface area contributed by atoms with Gasteiger partial charge in [-0.2, -0.15) is 13.2 Å². The SMILES string of the molecule is Oc1ccc(C(F)(F)F)cc1[C@@H](C1CCCC1)N1CCNCC1. The Morgan fingerprint density at radius 1 is 1.13 bits per heavy atom. The standard InChI is InChI=1S/C17H23F3N2O/c18-17(19,20)13-5-6-15(23)14(11-13)16(12-3-1-2-4-12)22-9-7-21-8-10-22/h5-6,11-12,16,21,23H,1-4,7-10H2/t16-/m1/s1. The third-order valence-electron chi connectivity index (χ3n) is 5.06. The second-order valence-corrected chi connectivity index (χ2v) is 6.55. The largest absolute Gasteiger partial charge is 0.508 e. The fourth-order valence-electron chi connectivity index (χ4n) is 3.95. The summed E-state index contributed by atoms with van der Waals surface area (Å²) in [5.74, 6) is 0.302. The molecule has 0 radical (unpaired) electrons. The van der Waals surface area contributed by atoms with Crippen LogP contribution in [-0.2, 0) is 6.18 Å². The van der Waals surface area contributed by atoms with E-state index in [4.69, 9.17) is 0 Å². The third-order valence-corrected chi connectivity index (χ3v) is 5.06. The third kappa shape index (κ3) is 3.63. The highest BCUT2D eigenvalue weighted by Gasteiger charge is 2.36. The molecule has 1 aliphatic carbocycles. The van der Waals surface area contributed by atoms with E-state index < -0.39 is 11.7 Å². The van der Waals surface area contributed by atoms with Crippen LogP contribution in [0.25, 0.3) is 0 Å². The van der Waals surface area contributed by atoms with Gasteiger partial charge >= 0.3 is 6.18 Å². The summed E-state index contributed by atoms with van der Waals surface area (Å²) in [7, 11) is 0.